The molecule has 0 saturated heterocycles. The van der Waals surface area contributed by atoms with Crippen LogP contribution in [-0.4, -0.2) is 10.2 Å². The van der Waals surface area contributed by atoms with Crippen LogP contribution in [-0.2, 0) is 0 Å². The van der Waals surface area contributed by atoms with Gasteiger partial charge in [-0.1, -0.05) is 48.0 Å². The topological polar surface area (TPSA) is 54.7 Å². The zero-order valence-corrected chi connectivity index (χ0v) is 12.7. The molecule has 3 aromatic rings. The standard InChI is InChI=1S/C17H16ClN3/c1-10-5-3-4-6-13(10)15-16(20-21-17(15)19)12-8-7-11(2)14(18)9-12/h3-9H,1-2H3,(H3,19,20,21). The number of nitrogens with zero attached hydrogens (tertiary/aromatic N) is 1. The van der Waals surface area contributed by atoms with Crippen molar-refractivity contribution in [3.05, 3.63) is 58.6 Å². The predicted molar refractivity (Wildman–Crippen MR) is 88.4 cm³/mol. The third-order valence-corrected chi connectivity index (χ3v) is 4.08. The number of H-pyrrole nitrogens is 1. The first-order valence-electron chi connectivity index (χ1n) is 6.74. The molecule has 3 rings (SSSR count). The number of halogens is 1. The van der Waals surface area contributed by atoms with Crippen LogP contribution in [0.1, 0.15) is 11.1 Å². The molecule has 2 aromatic carbocycles. The van der Waals surface area contributed by atoms with E-state index in [2.05, 4.69) is 29.3 Å². The van der Waals surface area contributed by atoms with Gasteiger partial charge in [-0.3, -0.25) is 5.10 Å². The summed E-state index contributed by atoms with van der Waals surface area (Å²) < 4.78 is 0. The van der Waals surface area contributed by atoms with E-state index in [1.165, 1.54) is 0 Å². The molecule has 3 N–H and O–H groups in total. The first-order valence-corrected chi connectivity index (χ1v) is 7.12. The fraction of sp³-hybridized carbons (Fsp3) is 0.118. The fourth-order valence-electron chi connectivity index (χ4n) is 2.44. The molecule has 106 valence electrons. The monoisotopic (exact) mass is 297 g/mol. The third kappa shape index (κ3) is 2.41. The zero-order valence-electron chi connectivity index (χ0n) is 11.9. The number of aromatic nitrogens is 2. The molecule has 1 aromatic heterocycles. The number of benzene rings is 2. The summed E-state index contributed by atoms with van der Waals surface area (Å²) in [4.78, 5) is 0. The van der Waals surface area contributed by atoms with E-state index in [9.17, 15) is 0 Å². The molecule has 0 saturated carbocycles. The lowest BCUT2D eigenvalue weighted by Gasteiger charge is -2.09. The van der Waals surface area contributed by atoms with Crippen LogP contribution in [0.5, 0.6) is 0 Å². The van der Waals surface area contributed by atoms with Gasteiger partial charge in [-0.25, -0.2) is 0 Å². The number of nitrogen functional groups attached to an aromatic ring is 1. The Morgan fingerprint density at radius 3 is 2.52 bits per heavy atom. The molecule has 21 heavy (non-hydrogen) atoms. The molecule has 4 heteroatoms. The van der Waals surface area contributed by atoms with Gasteiger partial charge in [0, 0.05) is 10.6 Å². The molecular formula is C17H16ClN3. The van der Waals surface area contributed by atoms with E-state index >= 15 is 0 Å². The molecule has 1 heterocycles. The minimum Gasteiger partial charge on any atom is -0.382 e. The normalized spacial score (nSPS) is 10.8. The number of nitrogens with one attached hydrogen (secondary N) is 1. The maximum atomic E-state index is 6.23. The van der Waals surface area contributed by atoms with Crippen LogP contribution in [0.15, 0.2) is 42.5 Å². The summed E-state index contributed by atoms with van der Waals surface area (Å²) in [6.45, 7) is 4.05. The molecule has 0 aliphatic heterocycles. The van der Waals surface area contributed by atoms with Gasteiger partial charge < -0.3 is 5.73 Å². The summed E-state index contributed by atoms with van der Waals surface area (Å²) in [7, 11) is 0. The van der Waals surface area contributed by atoms with Crippen molar-refractivity contribution < 1.29 is 0 Å². The maximum Gasteiger partial charge on any atom is 0.153 e. The van der Waals surface area contributed by atoms with Gasteiger partial charge in [-0.2, -0.15) is 5.10 Å². The molecule has 0 atom stereocenters. The number of aromatic amines is 1. The van der Waals surface area contributed by atoms with E-state index in [0.717, 1.165) is 38.5 Å². The van der Waals surface area contributed by atoms with E-state index in [-0.39, 0.29) is 0 Å². The molecule has 0 unspecified atom stereocenters. The highest BCUT2D eigenvalue weighted by molar-refractivity contribution is 6.31. The second kappa shape index (κ2) is 5.26. The van der Waals surface area contributed by atoms with Crippen molar-refractivity contribution >= 4 is 17.4 Å². The van der Waals surface area contributed by atoms with E-state index < -0.39 is 0 Å². The second-order valence-electron chi connectivity index (χ2n) is 5.14. The van der Waals surface area contributed by atoms with Crippen molar-refractivity contribution in [2.24, 2.45) is 0 Å². The van der Waals surface area contributed by atoms with Gasteiger partial charge in [0.25, 0.3) is 0 Å². The van der Waals surface area contributed by atoms with Gasteiger partial charge in [-0.05, 0) is 36.6 Å². The van der Waals surface area contributed by atoms with Crippen LogP contribution in [0.4, 0.5) is 5.82 Å². The Bertz CT molecular complexity index is 806. The Labute approximate surface area is 128 Å². The van der Waals surface area contributed by atoms with Crippen molar-refractivity contribution in [1.82, 2.24) is 10.2 Å². The zero-order chi connectivity index (χ0) is 15.0. The molecular weight excluding hydrogens is 282 g/mol. The van der Waals surface area contributed by atoms with Gasteiger partial charge >= 0.3 is 0 Å². The average molecular weight is 298 g/mol. The molecule has 0 aliphatic rings. The average Bonchev–Trinajstić information content (AvgIpc) is 2.84. The van der Waals surface area contributed by atoms with Crippen molar-refractivity contribution in [2.45, 2.75) is 13.8 Å². The minimum atomic E-state index is 0.496. The summed E-state index contributed by atoms with van der Waals surface area (Å²) in [5.74, 6) is 0.496. The highest BCUT2D eigenvalue weighted by atomic mass is 35.5. The number of hydrogen-bond donors (Lipinski definition) is 2. The number of rotatable bonds is 2. The fourth-order valence-corrected chi connectivity index (χ4v) is 2.62. The molecule has 0 aliphatic carbocycles. The highest BCUT2D eigenvalue weighted by Gasteiger charge is 2.16. The Morgan fingerprint density at radius 2 is 1.81 bits per heavy atom. The molecule has 3 nitrogen and oxygen atoms in total. The Balaban J connectivity index is 2.22. The lowest BCUT2D eigenvalue weighted by Crippen LogP contribution is -1.91. The summed E-state index contributed by atoms with van der Waals surface area (Å²) in [5.41, 5.74) is 12.2. The van der Waals surface area contributed by atoms with E-state index in [0.29, 0.717) is 5.82 Å². The lowest BCUT2D eigenvalue weighted by atomic mass is 9.97. The Morgan fingerprint density at radius 1 is 1.05 bits per heavy atom. The molecule has 0 spiro atoms. The smallest absolute Gasteiger partial charge is 0.153 e. The molecule has 0 radical (unpaired) electrons. The van der Waals surface area contributed by atoms with Crippen molar-refractivity contribution in [1.29, 1.82) is 0 Å². The van der Waals surface area contributed by atoms with E-state index in [1.54, 1.807) is 0 Å². The Hall–Kier alpha value is -2.26. The van der Waals surface area contributed by atoms with Gasteiger partial charge in [-0.15, -0.1) is 0 Å². The summed E-state index contributed by atoms with van der Waals surface area (Å²) in [6.07, 6.45) is 0. The van der Waals surface area contributed by atoms with Crippen LogP contribution < -0.4 is 5.73 Å². The van der Waals surface area contributed by atoms with Crippen LogP contribution >= 0.6 is 11.6 Å². The molecule has 0 bridgehead atoms. The van der Waals surface area contributed by atoms with Crippen LogP contribution in [0.2, 0.25) is 5.02 Å². The number of aryl methyl sites for hydroxylation is 2. The van der Waals surface area contributed by atoms with E-state index in [1.807, 2.05) is 37.3 Å². The van der Waals surface area contributed by atoms with Crippen LogP contribution in [0.25, 0.3) is 22.4 Å². The van der Waals surface area contributed by atoms with Gasteiger partial charge in [0.2, 0.25) is 0 Å². The van der Waals surface area contributed by atoms with E-state index in [4.69, 9.17) is 17.3 Å². The Kier molecular flexibility index (Phi) is 3.43. The third-order valence-electron chi connectivity index (χ3n) is 3.67. The lowest BCUT2D eigenvalue weighted by molar-refractivity contribution is 1.10. The van der Waals surface area contributed by atoms with Crippen LogP contribution in [0.3, 0.4) is 0 Å². The van der Waals surface area contributed by atoms with Crippen molar-refractivity contribution in [3.8, 4) is 22.4 Å². The molecule has 0 fully saturated rings. The van der Waals surface area contributed by atoms with Gasteiger partial charge in [0.15, 0.2) is 5.82 Å². The van der Waals surface area contributed by atoms with Gasteiger partial charge in [0.05, 0.1) is 11.3 Å². The predicted octanol–water partition coefficient (Wildman–Crippen LogP) is 4.60. The largest absolute Gasteiger partial charge is 0.382 e. The quantitative estimate of drug-likeness (QED) is 0.726. The second-order valence-corrected chi connectivity index (χ2v) is 5.54. The summed E-state index contributed by atoms with van der Waals surface area (Å²) in [6, 6.07) is 14.1. The number of nitrogens with two attached hydrogens (primary N) is 1. The minimum absolute atomic E-state index is 0.496. The highest BCUT2D eigenvalue weighted by Crippen LogP contribution is 2.37. The summed E-state index contributed by atoms with van der Waals surface area (Å²) in [5, 5.41) is 7.93. The first-order chi connectivity index (χ1) is 10.1. The van der Waals surface area contributed by atoms with Crippen molar-refractivity contribution in [2.75, 3.05) is 5.73 Å². The maximum absolute atomic E-state index is 6.23. The summed E-state index contributed by atoms with van der Waals surface area (Å²) >= 11 is 6.23. The number of anilines is 1. The first kappa shape index (κ1) is 13.7. The number of hydrogen-bond acceptors (Lipinski definition) is 2. The van der Waals surface area contributed by atoms with Crippen LogP contribution in [0, 0.1) is 13.8 Å². The molecule has 0 amide bonds. The SMILES string of the molecule is Cc1ccc(-c2[nH]nc(N)c2-c2ccccc2C)cc1Cl. The van der Waals surface area contributed by atoms with Gasteiger partial charge in [0.1, 0.15) is 0 Å². The van der Waals surface area contributed by atoms with Crippen molar-refractivity contribution in [3.63, 3.8) is 0 Å².